The fourth-order valence-electron chi connectivity index (χ4n) is 0.960. The number of methoxy groups -OCH3 is 1. The van der Waals surface area contributed by atoms with Gasteiger partial charge in [0.2, 0.25) is 0 Å². The number of rotatable bonds is 3. The number of carbonyl (C=O) groups is 1. The molecule has 1 heterocycles. The molecular weight excluding hydrogens is 358 g/mol. The normalized spacial score (nSPS) is 11.1. The van der Waals surface area contributed by atoms with E-state index >= 15 is 0 Å². The lowest BCUT2D eigenvalue weighted by Crippen LogP contribution is -2.19. The molecule has 0 amide bonds. The Kier molecular flexibility index (Phi) is 4.01. The van der Waals surface area contributed by atoms with E-state index in [0.717, 1.165) is 13.3 Å². The molecule has 0 aromatic carbocycles. The van der Waals surface area contributed by atoms with Crippen LogP contribution in [0.2, 0.25) is 0 Å². The minimum Gasteiger partial charge on any atom is -0.491 e. The molecule has 17 heavy (non-hydrogen) atoms. The average Bonchev–Trinajstić information content (AvgIpc) is 2.18. The SMILES string of the molecule is COc1cnc(C(=O)O)c(I)c1OC(F)(F)F. The molecule has 0 saturated carbocycles. The van der Waals surface area contributed by atoms with Crippen LogP contribution in [-0.4, -0.2) is 29.5 Å². The van der Waals surface area contributed by atoms with Crippen molar-refractivity contribution in [3.63, 3.8) is 0 Å². The highest BCUT2D eigenvalue weighted by molar-refractivity contribution is 14.1. The molecule has 0 aliphatic heterocycles. The van der Waals surface area contributed by atoms with Crippen molar-refractivity contribution in [2.75, 3.05) is 7.11 Å². The van der Waals surface area contributed by atoms with Gasteiger partial charge in [0, 0.05) is 0 Å². The van der Waals surface area contributed by atoms with Crippen LogP contribution < -0.4 is 9.47 Å². The lowest BCUT2D eigenvalue weighted by atomic mass is 10.3. The van der Waals surface area contributed by atoms with Gasteiger partial charge >= 0.3 is 12.3 Å². The predicted molar refractivity (Wildman–Crippen MR) is 57.1 cm³/mol. The molecule has 0 spiro atoms. The van der Waals surface area contributed by atoms with Crippen LogP contribution in [-0.2, 0) is 0 Å². The second kappa shape index (κ2) is 4.94. The summed E-state index contributed by atoms with van der Waals surface area (Å²) in [7, 11) is 1.12. The van der Waals surface area contributed by atoms with Crippen molar-refractivity contribution in [1.82, 2.24) is 4.98 Å². The number of carboxylic acids is 1. The molecule has 0 aliphatic rings. The van der Waals surface area contributed by atoms with Crippen LogP contribution in [0.15, 0.2) is 6.20 Å². The molecule has 0 radical (unpaired) electrons. The van der Waals surface area contributed by atoms with Gasteiger partial charge in [-0.15, -0.1) is 13.2 Å². The van der Waals surface area contributed by atoms with E-state index in [0.29, 0.717) is 0 Å². The van der Waals surface area contributed by atoms with Crippen LogP contribution in [0.4, 0.5) is 13.2 Å². The summed E-state index contributed by atoms with van der Waals surface area (Å²) >= 11 is 1.40. The van der Waals surface area contributed by atoms with E-state index < -0.39 is 23.8 Å². The molecular formula is C8H5F3INO4. The Morgan fingerprint density at radius 3 is 2.53 bits per heavy atom. The predicted octanol–water partition coefficient (Wildman–Crippen LogP) is 2.29. The van der Waals surface area contributed by atoms with Crippen molar-refractivity contribution in [2.24, 2.45) is 0 Å². The summed E-state index contributed by atoms with van der Waals surface area (Å²) in [5.41, 5.74) is -0.536. The standard InChI is InChI=1S/C8H5F3INO4/c1-16-3-2-13-5(7(14)15)4(12)6(3)17-8(9,10)11/h2H,1H3,(H,14,15). The molecule has 0 saturated heterocycles. The zero-order valence-corrected chi connectivity index (χ0v) is 10.4. The van der Waals surface area contributed by atoms with Crippen LogP contribution in [0.3, 0.4) is 0 Å². The third-order valence-corrected chi connectivity index (χ3v) is 2.58. The second-order valence-corrected chi connectivity index (χ2v) is 3.75. The number of hydrogen-bond donors (Lipinski definition) is 1. The van der Waals surface area contributed by atoms with Crippen LogP contribution in [0.1, 0.15) is 10.5 Å². The Morgan fingerprint density at radius 2 is 2.12 bits per heavy atom. The molecule has 1 aromatic heterocycles. The smallest absolute Gasteiger partial charge is 0.491 e. The Bertz CT molecular complexity index is 449. The van der Waals surface area contributed by atoms with Gasteiger partial charge in [0.15, 0.2) is 17.2 Å². The number of nitrogens with zero attached hydrogens (tertiary/aromatic N) is 1. The highest BCUT2D eigenvalue weighted by Crippen LogP contribution is 2.37. The lowest BCUT2D eigenvalue weighted by Gasteiger charge is -2.14. The summed E-state index contributed by atoms with van der Waals surface area (Å²) in [6.45, 7) is 0. The first-order chi connectivity index (χ1) is 7.76. The summed E-state index contributed by atoms with van der Waals surface area (Å²) in [5, 5.41) is 8.71. The number of aromatic nitrogens is 1. The van der Waals surface area contributed by atoms with Gasteiger partial charge in [0.1, 0.15) is 0 Å². The number of ether oxygens (including phenoxy) is 2. The maximum atomic E-state index is 12.1. The highest BCUT2D eigenvalue weighted by Gasteiger charge is 2.35. The van der Waals surface area contributed by atoms with Crippen molar-refractivity contribution < 1.29 is 32.5 Å². The van der Waals surface area contributed by atoms with E-state index in [9.17, 15) is 18.0 Å². The van der Waals surface area contributed by atoms with E-state index in [2.05, 4.69) is 14.5 Å². The first kappa shape index (κ1) is 13.8. The van der Waals surface area contributed by atoms with Gasteiger partial charge in [-0.25, -0.2) is 9.78 Å². The lowest BCUT2D eigenvalue weighted by molar-refractivity contribution is -0.275. The summed E-state index contributed by atoms with van der Waals surface area (Å²) in [6, 6.07) is 0. The Labute approximate surface area is 107 Å². The second-order valence-electron chi connectivity index (χ2n) is 2.67. The van der Waals surface area contributed by atoms with Crippen molar-refractivity contribution in [3.05, 3.63) is 15.5 Å². The summed E-state index contributed by atoms with van der Waals surface area (Å²) in [5.74, 6) is -2.46. The zero-order valence-electron chi connectivity index (χ0n) is 8.21. The Morgan fingerprint density at radius 1 is 1.53 bits per heavy atom. The molecule has 0 atom stereocenters. The van der Waals surface area contributed by atoms with Gasteiger partial charge in [-0.3, -0.25) is 0 Å². The molecule has 1 rings (SSSR count). The molecule has 0 fully saturated rings. The van der Waals surface area contributed by atoms with Crippen molar-refractivity contribution in [2.45, 2.75) is 6.36 Å². The quantitative estimate of drug-likeness (QED) is 0.835. The summed E-state index contributed by atoms with van der Waals surface area (Å²) in [4.78, 5) is 14.2. The van der Waals surface area contributed by atoms with Gasteiger partial charge < -0.3 is 14.6 Å². The number of carboxylic acid groups (broad SMARTS) is 1. The minimum atomic E-state index is -4.94. The number of alkyl halides is 3. The van der Waals surface area contributed by atoms with Crippen LogP contribution in [0.25, 0.3) is 0 Å². The number of pyridine rings is 1. The fraction of sp³-hybridized carbons (Fsp3) is 0.250. The van der Waals surface area contributed by atoms with Gasteiger partial charge in [0.25, 0.3) is 0 Å². The molecule has 0 bridgehead atoms. The molecule has 0 unspecified atom stereocenters. The first-order valence-corrected chi connectivity index (χ1v) is 5.05. The van der Waals surface area contributed by atoms with Crippen LogP contribution >= 0.6 is 22.6 Å². The average molecular weight is 363 g/mol. The number of hydrogen-bond acceptors (Lipinski definition) is 4. The third kappa shape index (κ3) is 3.35. The molecule has 94 valence electrons. The molecule has 1 N–H and O–H groups in total. The van der Waals surface area contributed by atoms with Crippen molar-refractivity contribution in [3.8, 4) is 11.5 Å². The summed E-state index contributed by atoms with van der Waals surface area (Å²) in [6.07, 6.45) is -4.09. The summed E-state index contributed by atoms with van der Waals surface area (Å²) < 4.78 is 44.4. The van der Waals surface area contributed by atoms with Crippen molar-refractivity contribution in [1.29, 1.82) is 0 Å². The van der Waals surface area contributed by atoms with Crippen LogP contribution in [0.5, 0.6) is 11.5 Å². The van der Waals surface area contributed by atoms with E-state index in [1.807, 2.05) is 0 Å². The number of halogens is 4. The van der Waals surface area contributed by atoms with E-state index in [4.69, 9.17) is 5.11 Å². The zero-order chi connectivity index (χ0) is 13.2. The van der Waals surface area contributed by atoms with E-state index in [1.54, 1.807) is 0 Å². The van der Waals surface area contributed by atoms with Crippen LogP contribution in [0, 0.1) is 3.57 Å². The van der Waals surface area contributed by atoms with Gasteiger partial charge in [0.05, 0.1) is 16.9 Å². The third-order valence-electron chi connectivity index (χ3n) is 1.58. The molecule has 5 nitrogen and oxygen atoms in total. The molecule has 9 heteroatoms. The van der Waals surface area contributed by atoms with Gasteiger partial charge in [-0.05, 0) is 22.6 Å². The molecule has 0 aliphatic carbocycles. The maximum Gasteiger partial charge on any atom is 0.573 e. The maximum absolute atomic E-state index is 12.1. The molecule has 1 aromatic rings. The van der Waals surface area contributed by atoms with Gasteiger partial charge in [-0.2, -0.15) is 0 Å². The van der Waals surface area contributed by atoms with Crippen molar-refractivity contribution >= 4 is 28.6 Å². The van der Waals surface area contributed by atoms with E-state index in [-0.39, 0.29) is 9.32 Å². The monoisotopic (exact) mass is 363 g/mol. The Balaban J connectivity index is 3.32. The fourth-order valence-corrected chi connectivity index (χ4v) is 1.71. The van der Waals surface area contributed by atoms with E-state index in [1.165, 1.54) is 22.6 Å². The number of aromatic carboxylic acids is 1. The minimum absolute atomic E-state index is 0.285. The highest BCUT2D eigenvalue weighted by atomic mass is 127. The van der Waals surface area contributed by atoms with Gasteiger partial charge in [-0.1, -0.05) is 0 Å². The largest absolute Gasteiger partial charge is 0.573 e. The first-order valence-electron chi connectivity index (χ1n) is 3.97. The Hall–Kier alpha value is -1.26. The topological polar surface area (TPSA) is 68.7 Å².